The molecule has 0 saturated heterocycles. The van der Waals surface area contributed by atoms with Gasteiger partial charge in [0.25, 0.3) is 0 Å². The van der Waals surface area contributed by atoms with Gasteiger partial charge in [-0.25, -0.2) is 4.57 Å². The van der Waals surface area contributed by atoms with Crippen molar-refractivity contribution in [2.24, 2.45) is 0 Å². The maximum absolute atomic E-state index is 13.0. The molecule has 0 aliphatic rings. The van der Waals surface area contributed by atoms with E-state index in [9.17, 15) is 19.4 Å². The van der Waals surface area contributed by atoms with Crippen molar-refractivity contribution in [3.05, 3.63) is 85.1 Å². The number of amides is 1. The standard InChI is InChI=1S/C71H131N2O6P/c1-6-8-10-12-14-16-18-20-22-24-26-28-29-30-31-32-33-34-35-36-37-38-39-40-41-42-43-45-47-49-51-53-55-57-59-61-63-65-71(75)72-69(68-79-80(76,77)78-67-66-73(3,4)5)70(74)64-62-60-58-56-54-52-50-48-46-44-27-25-23-21-19-17-15-13-11-9-7-2/h8,10,14,16,20,22,26,28,46,48,54,56,62,64,69-70,74H,6-7,9,11-13,15,17-19,21,23-25,27,29-45,47,49-53,55,57-61,63,65-68H2,1-5H3,(H-,72,75,76,77)/p+1/b10-8-,16-14-,22-20-,28-26-,48-46+,56-54+,64-62+. The van der Waals surface area contributed by atoms with Gasteiger partial charge in [0.05, 0.1) is 39.9 Å². The van der Waals surface area contributed by atoms with Crippen LogP contribution in [0.1, 0.15) is 309 Å². The second-order valence-corrected chi connectivity index (χ2v) is 25.6. The minimum absolute atomic E-state index is 0.0528. The highest BCUT2D eigenvalue weighted by atomic mass is 31.2. The lowest BCUT2D eigenvalue weighted by Gasteiger charge is -2.25. The van der Waals surface area contributed by atoms with Gasteiger partial charge in [-0.3, -0.25) is 13.8 Å². The number of aliphatic hydroxyl groups is 1. The molecule has 3 unspecified atom stereocenters. The third-order valence-electron chi connectivity index (χ3n) is 15.1. The van der Waals surface area contributed by atoms with E-state index in [1.807, 2.05) is 27.2 Å². The lowest BCUT2D eigenvalue weighted by atomic mass is 10.0. The summed E-state index contributed by atoms with van der Waals surface area (Å²) in [6, 6.07) is -0.872. The predicted octanol–water partition coefficient (Wildman–Crippen LogP) is 21.5. The summed E-state index contributed by atoms with van der Waals surface area (Å²) in [4.78, 5) is 23.4. The van der Waals surface area contributed by atoms with Gasteiger partial charge in [0.1, 0.15) is 13.2 Å². The molecule has 0 heterocycles. The van der Waals surface area contributed by atoms with Crippen LogP contribution in [0, 0.1) is 0 Å². The number of aliphatic hydroxyl groups excluding tert-OH is 1. The number of quaternary nitrogens is 1. The molecule has 3 atom stereocenters. The fourth-order valence-corrected chi connectivity index (χ4v) is 10.6. The Hall–Kier alpha value is -2.32. The van der Waals surface area contributed by atoms with E-state index in [1.54, 1.807) is 6.08 Å². The molecule has 0 saturated carbocycles. The molecule has 0 radical (unpaired) electrons. The number of nitrogens with zero attached hydrogens (tertiary/aromatic N) is 1. The number of hydrogen-bond donors (Lipinski definition) is 3. The summed E-state index contributed by atoms with van der Waals surface area (Å²) in [6.45, 7) is 4.70. The number of phosphoric ester groups is 1. The highest BCUT2D eigenvalue weighted by molar-refractivity contribution is 7.47. The normalized spacial score (nSPS) is 14.2. The molecule has 3 N–H and O–H groups in total. The van der Waals surface area contributed by atoms with Crippen LogP contribution in [-0.4, -0.2) is 73.4 Å². The summed E-state index contributed by atoms with van der Waals surface area (Å²) in [6.07, 6.45) is 87.4. The smallest absolute Gasteiger partial charge is 0.387 e. The van der Waals surface area contributed by atoms with E-state index in [0.717, 1.165) is 70.6 Å². The fraction of sp³-hybridized carbons (Fsp3) is 0.789. The first-order valence-electron chi connectivity index (χ1n) is 34.0. The molecule has 0 aliphatic heterocycles. The zero-order chi connectivity index (χ0) is 58.4. The molecular weight excluding hydrogens is 1010 g/mol. The monoisotopic (exact) mass is 1140 g/mol. The maximum Gasteiger partial charge on any atom is 0.472 e. The lowest BCUT2D eigenvalue weighted by molar-refractivity contribution is -0.870. The van der Waals surface area contributed by atoms with E-state index in [2.05, 4.69) is 92.1 Å². The van der Waals surface area contributed by atoms with Crippen LogP contribution in [0.25, 0.3) is 0 Å². The Labute approximate surface area is 497 Å². The van der Waals surface area contributed by atoms with Crippen molar-refractivity contribution in [1.82, 2.24) is 5.32 Å². The highest BCUT2D eigenvalue weighted by Gasteiger charge is 2.28. The average molecular weight is 1140 g/mol. The van der Waals surface area contributed by atoms with Crippen LogP contribution in [0.3, 0.4) is 0 Å². The summed E-state index contributed by atoms with van der Waals surface area (Å²) in [5.41, 5.74) is 0. The van der Waals surface area contributed by atoms with Gasteiger partial charge in [-0.1, -0.05) is 304 Å². The largest absolute Gasteiger partial charge is 0.472 e. The Morgan fingerprint density at radius 3 is 1.15 bits per heavy atom. The average Bonchev–Trinajstić information content (AvgIpc) is 3.42. The quantitative estimate of drug-likeness (QED) is 0.0243. The van der Waals surface area contributed by atoms with Gasteiger partial charge in [0, 0.05) is 6.42 Å². The Bertz CT molecular complexity index is 1580. The van der Waals surface area contributed by atoms with Crippen molar-refractivity contribution in [3.63, 3.8) is 0 Å². The van der Waals surface area contributed by atoms with Crippen LogP contribution >= 0.6 is 7.82 Å². The molecule has 0 aromatic heterocycles. The molecule has 0 aliphatic carbocycles. The van der Waals surface area contributed by atoms with E-state index in [4.69, 9.17) is 9.05 Å². The maximum atomic E-state index is 13.0. The van der Waals surface area contributed by atoms with Crippen molar-refractivity contribution in [1.29, 1.82) is 0 Å². The number of carbonyl (C=O) groups is 1. The molecule has 80 heavy (non-hydrogen) atoms. The van der Waals surface area contributed by atoms with Crippen molar-refractivity contribution >= 4 is 13.7 Å². The van der Waals surface area contributed by atoms with Gasteiger partial charge in [0.2, 0.25) is 5.91 Å². The van der Waals surface area contributed by atoms with Gasteiger partial charge in [-0.05, 0) is 83.5 Å². The summed E-state index contributed by atoms with van der Waals surface area (Å²) in [7, 11) is 1.55. The molecule has 466 valence electrons. The zero-order valence-corrected chi connectivity index (χ0v) is 54.2. The van der Waals surface area contributed by atoms with E-state index >= 15 is 0 Å². The molecule has 0 spiro atoms. The van der Waals surface area contributed by atoms with Crippen molar-refractivity contribution in [2.75, 3.05) is 40.9 Å². The van der Waals surface area contributed by atoms with E-state index in [0.29, 0.717) is 17.4 Å². The summed E-state index contributed by atoms with van der Waals surface area (Å²) in [5.74, 6) is -0.187. The van der Waals surface area contributed by atoms with Gasteiger partial charge in [-0.2, -0.15) is 0 Å². The first-order valence-corrected chi connectivity index (χ1v) is 35.5. The van der Waals surface area contributed by atoms with Gasteiger partial charge < -0.3 is 19.8 Å². The third-order valence-corrected chi connectivity index (χ3v) is 16.1. The van der Waals surface area contributed by atoms with E-state index < -0.39 is 20.0 Å². The summed E-state index contributed by atoms with van der Waals surface area (Å²) < 4.78 is 23.8. The van der Waals surface area contributed by atoms with Crippen LogP contribution in [0.5, 0.6) is 0 Å². The highest BCUT2D eigenvalue weighted by Crippen LogP contribution is 2.43. The number of phosphoric acid groups is 1. The number of rotatable bonds is 62. The topological polar surface area (TPSA) is 105 Å². The van der Waals surface area contributed by atoms with E-state index in [1.165, 1.54) is 218 Å². The van der Waals surface area contributed by atoms with Crippen LogP contribution in [0.4, 0.5) is 0 Å². The zero-order valence-electron chi connectivity index (χ0n) is 53.3. The second kappa shape index (κ2) is 61.2. The van der Waals surface area contributed by atoms with Crippen molar-refractivity contribution in [3.8, 4) is 0 Å². The SMILES string of the molecule is CC/C=C\C/C=C\C/C=C\C/C=C\CCCCCCCCCCCCCCCCCCCCCCCCCCC(=O)NC(COP(=O)(O)OCC[N+](C)(C)C)C(O)/C=C/CC/C=C/CC/C=C/CCCCCCCCCCCCC. The van der Waals surface area contributed by atoms with Crippen LogP contribution in [0.2, 0.25) is 0 Å². The Balaban J connectivity index is 4.03. The summed E-state index contributed by atoms with van der Waals surface area (Å²) in [5, 5.41) is 14.0. The first-order chi connectivity index (χ1) is 39.0. The van der Waals surface area contributed by atoms with Crippen LogP contribution < -0.4 is 5.32 Å². The molecule has 0 rings (SSSR count). The van der Waals surface area contributed by atoms with E-state index in [-0.39, 0.29) is 19.1 Å². The Morgan fingerprint density at radius 2 is 0.762 bits per heavy atom. The predicted molar refractivity (Wildman–Crippen MR) is 350 cm³/mol. The van der Waals surface area contributed by atoms with Gasteiger partial charge >= 0.3 is 7.82 Å². The van der Waals surface area contributed by atoms with Crippen LogP contribution in [0.15, 0.2) is 85.1 Å². The summed E-state index contributed by atoms with van der Waals surface area (Å²) >= 11 is 0. The molecule has 8 nitrogen and oxygen atoms in total. The van der Waals surface area contributed by atoms with Crippen LogP contribution in [-0.2, 0) is 18.4 Å². The number of carbonyl (C=O) groups excluding carboxylic acids is 1. The number of nitrogens with one attached hydrogen (secondary N) is 1. The van der Waals surface area contributed by atoms with Crippen molar-refractivity contribution < 1.29 is 32.9 Å². The van der Waals surface area contributed by atoms with Crippen molar-refractivity contribution in [2.45, 2.75) is 321 Å². The third kappa shape index (κ3) is 63.3. The minimum atomic E-state index is -4.37. The molecule has 0 bridgehead atoms. The molecule has 0 fully saturated rings. The second-order valence-electron chi connectivity index (χ2n) is 24.2. The number of unbranched alkanes of at least 4 members (excludes halogenated alkanes) is 37. The molecule has 1 amide bonds. The minimum Gasteiger partial charge on any atom is -0.387 e. The molecule has 9 heteroatoms. The molecule has 0 aromatic rings. The van der Waals surface area contributed by atoms with Gasteiger partial charge in [-0.15, -0.1) is 0 Å². The first kappa shape index (κ1) is 77.7. The lowest BCUT2D eigenvalue weighted by Crippen LogP contribution is -2.45. The fourth-order valence-electron chi connectivity index (χ4n) is 9.83. The Kier molecular flexibility index (Phi) is 59.5. The number of likely N-dealkylation sites (N-methyl/N-ethyl adjacent to an activating group) is 1. The van der Waals surface area contributed by atoms with Gasteiger partial charge in [0.15, 0.2) is 0 Å². The Morgan fingerprint density at radius 1 is 0.438 bits per heavy atom. The molecule has 0 aromatic carbocycles. The number of hydrogen-bond acceptors (Lipinski definition) is 5. The number of allylic oxidation sites excluding steroid dienone is 13. The molecular formula is C71H132N2O6P+.